The van der Waals surface area contributed by atoms with Crippen molar-refractivity contribution in [3.05, 3.63) is 65.2 Å². The van der Waals surface area contributed by atoms with Crippen LogP contribution in [0.2, 0.25) is 0 Å². The van der Waals surface area contributed by atoms with Crippen LogP contribution in [0.3, 0.4) is 0 Å². The van der Waals surface area contributed by atoms with Gasteiger partial charge < -0.3 is 9.84 Å². The first kappa shape index (κ1) is 12.2. The van der Waals surface area contributed by atoms with Crippen molar-refractivity contribution in [3.63, 3.8) is 0 Å². The average molecular weight is 254 g/mol. The van der Waals surface area contributed by atoms with Crippen LogP contribution in [0.5, 0.6) is 5.75 Å². The lowest BCUT2D eigenvalue weighted by molar-refractivity contribution is 0.0735. The number of benzene rings is 2. The molecule has 0 saturated carbocycles. The molecule has 1 heterocycles. The number of hydrogen-bond acceptors (Lipinski definition) is 2. The second kappa shape index (κ2) is 4.71. The van der Waals surface area contributed by atoms with Gasteiger partial charge >= 0.3 is 0 Å². The van der Waals surface area contributed by atoms with Crippen molar-refractivity contribution < 1.29 is 9.84 Å². The van der Waals surface area contributed by atoms with Crippen molar-refractivity contribution in [2.24, 2.45) is 0 Å². The Kier molecular flexibility index (Phi) is 3.03. The topological polar surface area (TPSA) is 29.5 Å². The Bertz CT molecular complexity index is 577. The van der Waals surface area contributed by atoms with E-state index in [0.29, 0.717) is 13.0 Å². The van der Waals surface area contributed by atoms with Gasteiger partial charge in [0.2, 0.25) is 0 Å². The first-order valence-corrected chi connectivity index (χ1v) is 6.79. The summed E-state index contributed by atoms with van der Waals surface area (Å²) in [5.41, 5.74) is 2.02. The van der Waals surface area contributed by atoms with Gasteiger partial charge in [-0.15, -0.1) is 0 Å². The van der Waals surface area contributed by atoms with Crippen LogP contribution >= 0.6 is 0 Å². The van der Waals surface area contributed by atoms with E-state index >= 15 is 0 Å². The Morgan fingerprint density at radius 2 is 1.89 bits per heavy atom. The van der Waals surface area contributed by atoms with Gasteiger partial charge in [0.15, 0.2) is 0 Å². The first-order valence-electron chi connectivity index (χ1n) is 6.79. The molecule has 0 bridgehead atoms. The highest BCUT2D eigenvalue weighted by molar-refractivity contribution is 5.50. The Balaban J connectivity index is 2.16. The molecular weight excluding hydrogens is 236 g/mol. The molecule has 1 atom stereocenters. The number of rotatable bonds is 3. The van der Waals surface area contributed by atoms with Gasteiger partial charge in [-0.05, 0) is 17.5 Å². The summed E-state index contributed by atoms with van der Waals surface area (Å²) in [4.78, 5) is 0. The quantitative estimate of drug-likeness (QED) is 0.911. The summed E-state index contributed by atoms with van der Waals surface area (Å²) >= 11 is 0. The van der Waals surface area contributed by atoms with Crippen molar-refractivity contribution in [1.82, 2.24) is 0 Å². The third-order valence-electron chi connectivity index (χ3n) is 3.92. The second-order valence-electron chi connectivity index (χ2n) is 4.97. The van der Waals surface area contributed by atoms with Crippen molar-refractivity contribution in [3.8, 4) is 5.75 Å². The summed E-state index contributed by atoms with van der Waals surface area (Å²) in [6.45, 7) is 2.71. The highest BCUT2D eigenvalue weighted by Gasteiger charge is 2.34. The fourth-order valence-electron chi connectivity index (χ4n) is 2.80. The van der Waals surface area contributed by atoms with Crippen LogP contribution in [0.15, 0.2) is 48.5 Å². The third kappa shape index (κ3) is 1.92. The predicted molar refractivity (Wildman–Crippen MR) is 75.4 cm³/mol. The fourth-order valence-corrected chi connectivity index (χ4v) is 2.80. The lowest BCUT2D eigenvalue weighted by Crippen LogP contribution is -2.26. The van der Waals surface area contributed by atoms with Crippen molar-refractivity contribution in [1.29, 1.82) is 0 Å². The van der Waals surface area contributed by atoms with Crippen LogP contribution < -0.4 is 4.74 Å². The molecule has 0 spiro atoms. The smallest absolute Gasteiger partial charge is 0.129 e. The minimum atomic E-state index is -0.975. The zero-order valence-electron chi connectivity index (χ0n) is 11.1. The Labute approximate surface area is 113 Å². The number of para-hydroxylation sites is 1. The van der Waals surface area contributed by atoms with Gasteiger partial charge in [-0.1, -0.05) is 55.5 Å². The van der Waals surface area contributed by atoms with E-state index in [1.165, 1.54) is 5.56 Å². The molecule has 1 aliphatic rings. The maximum absolute atomic E-state index is 11.1. The summed E-state index contributed by atoms with van der Waals surface area (Å²) in [5, 5.41) is 11.1. The van der Waals surface area contributed by atoms with E-state index in [2.05, 4.69) is 6.07 Å². The molecule has 0 saturated heterocycles. The van der Waals surface area contributed by atoms with Gasteiger partial charge in [0.1, 0.15) is 11.4 Å². The van der Waals surface area contributed by atoms with Crippen LogP contribution in [0.4, 0.5) is 0 Å². The zero-order valence-corrected chi connectivity index (χ0v) is 11.1. The standard InChI is InChI=1S/C17H18O2/c1-2-17(18,14-8-4-3-5-9-14)15-10-6-7-13-11-12-19-16(13)15/h3-10,18H,2,11-12H2,1H3. The van der Waals surface area contributed by atoms with E-state index < -0.39 is 5.60 Å². The monoisotopic (exact) mass is 254 g/mol. The van der Waals surface area contributed by atoms with Gasteiger partial charge in [-0.3, -0.25) is 0 Å². The van der Waals surface area contributed by atoms with E-state index in [-0.39, 0.29) is 0 Å². The molecule has 0 aromatic heterocycles. The molecule has 2 aromatic carbocycles. The Hall–Kier alpha value is -1.80. The van der Waals surface area contributed by atoms with Crippen LogP contribution in [-0.4, -0.2) is 11.7 Å². The predicted octanol–water partition coefficient (Wildman–Crippen LogP) is 3.27. The van der Waals surface area contributed by atoms with Gasteiger partial charge in [0.25, 0.3) is 0 Å². The lowest BCUT2D eigenvalue weighted by atomic mass is 9.83. The molecule has 1 unspecified atom stereocenters. The van der Waals surface area contributed by atoms with Crippen LogP contribution in [0.1, 0.15) is 30.0 Å². The normalized spacial score (nSPS) is 16.5. The molecular formula is C17H18O2. The zero-order chi connectivity index (χ0) is 13.3. The van der Waals surface area contributed by atoms with Gasteiger partial charge in [-0.25, -0.2) is 0 Å². The molecule has 0 radical (unpaired) electrons. The molecule has 19 heavy (non-hydrogen) atoms. The van der Waals surface area contributed by atoms with E-state index in [1.54, 1.807) is 0 Å². The Morgan fingerprint density at radius 3 is 2.63 bits per heavy atom. The molecule has 2 aromatic rings. The molecule has 98 valence electrons. The van der Waals surface area contributed by atoms with Crippen molar-refractivity contribution in [2.75, 3.05) is 6.61 Å². The number of fused-ring (bicyclic) bond motifs is 1. The van der Waals surface area contributed by atoms with Crippen LogP contribution in [0.25, 0.3) is 0 Å². The van der Waals surface area contributed by atoms with Crippen LogP contribution in [-0.2, 0) is 12.0 Å². The summed E-state index contributed by atoms with van der Waals surface area (Å²) < 4.78 is 5.74. The molecule has 2 nitrogen and oxygen atoms in total. The maximum atomic E-state index is 11.1. The maximum Gasteiger partial charge on any atom is 0.129 e. The largest absolute Gasteiger partial charge is 0.493 e. The van der Waals surface area contributed by atoms with Gasteiger partial charge in [-0.2, -0.15) is 0 Å². The molecule has 3 rings (SSSR count). The molecule has 0 amide bonds. The van der Waals surface area contributed by atoms with Gasteiger partial charge in [0.05, 0.1) is 6.61 Å². The van der Waals surface area contributed by atoms with Gasteiger partial charge in [0, 0.05) is 12.0 Å². The highest BCUT2D eigenvalue weighted by atomic mass is 16.5. The van der Waals surface area contributed by atoms with E-state index in [4.69, 9.17) is 4.74 Å². The molecule has 0 aliphatic carbocycles. The molecule has 1 aliphatic heterocycles. The summed E-state index contributed by atoms with van der Waals surface area (Å²) in [6, 6.07) is 15.9. The SMILES string of the molecule is CCC(O)(c1ccccc1)c1cccc2c1OCC2. The fraction of sp³-hybridized carbons (Fsp3) is 0.294. The number of aliphatic hydroxyl groups is 1. The average Bonchev–Trinajstić information content (AvgIpc) is 2.95. The summed E-state index contributed by atoms with van der Waals surface area (Å²) in [7, 11) is 0. The minimum Gasteiger partial charge on any atom is -0.493 e. The number of hydrogen-bond donors (Lipinski definition) is 1. The van der Waals surface area contributed by atoms with Crippen molar-refractivity contribution in [2.45, 2.75) is 25.4 Å². The Morgan fingerprint density at radius 1 is 1.11 bits per heavy atom. The lowest BCUT2D eigenvalue weighted by Gasteiger charge is -2.29. The molecule has 2 heteroatoms. The summed E-state index contributed by atoms with van der Waals surface area (Å²) in [6.07, 6.45) is 1.55. The van der Waals surface area contributed by atoms with E-state index in [9.17, 15) is 5.11 Å². The van der Waals surface area contributed by atoms with Crippen molar-refractivity contribution >= 4 is 0 Å². The highest BCUT2D eigenvalue weighted by Crippen LogP contribution is 2.41. The third-order valence-corrected chi connectivity index (χ3v) is 3.92. The molecule has 0 fully saturated rings. The first-order chi connectivity index (χ1) is 9.25. The molecule has 1 N–H and O–H groups in total. The second-order valence-corrected chi connectivity index (χ2v) is 4.97. The summed E-state index contributed by atoms with van der Waals surface area (Å²) in [5.74, 6) is 0.871. The number of ether oxygens (including phenoxy) is 1. The minimum absolute atomic E-state index is 0.622. The van der Waals surface area contributed by atoms with E-state index in [0.717, 1.165) is 23.3 Å². The van der Waals surface area contributed by atoms with E-state index in [1.807, 2.05) is 49.4 Å². The van der Waals surface area contributed by atoms with Crippen LogP contribution in [0, 0.1) is 0 Å².